The van der Waals surface area contributed by atoms with Crippen molar-refractivity contribution in [2.75, 3.05) is 13.1 Å². The van der Waals surface area contributed by atoms with Crippen LogP contribution in [0.3, 0.4) is 0 Å². The van der Waals surface area contributed by atoms with Crippen LogP contribution in [0.1, 0.15) is 33.6 Å². The number of hydrogen-bond donors (Lipinski definition) is 1. The number of nitrogens with one attached hydrogen (secondary N) is 1. The summed E-state index contributed by atoms with van der Waals surface area (Å²) in [7, 11) is 0. The Morgan fingerprint density at radius 3 is 2.57 bits per heavy atom. The summed E-state index contributed by atoms with van der Waals surface area (Å²) in [5, 5.41) is 3.39. The summed E-state index contributed by atoms with van der Waals surface area (Å²) in [5.74, 6) is 0. The number of rotatable bonds is 2. The summed E-state index contributed by atoms with van der Waals surface area (Å²) in [6, 6.07) is 0. The second-order valence-corrected chi connectivity index (χ2v) is 3.03. The molecule has 14 heavy (non-hydrogen) atoms. The first-order chi connectivity index (χ1) is 6.88. The molecule has 0 aromatic carbocycles. The Bertz CT molecular complexity index is 211. The topological polar surface area (TPSA) is 12.0 Å². The van der Waals surface area contributed by atoms with Crippen molar-refractivity contribution in [3.63, 3.8) is 0 Å². The predicted molar refractivity (Wildman–Crippen MR) is 65.5 cm³/mol. The van der Waals surface area contributed by atoms with E-state index >= 15 is 0 Å². The standard InChI is InChI=1S/C11H17N.C2H6/c1-3-6-11-9-12-8-5-7-10(11)4-2;1-2/h3-4,6,12H,2,5,7-9H2,1H3;1-2H3/b6-3-;. The van der Waals surface area contributed by atoms with Gasteiger partial charge in [0.15, 0.2) is 0 Å². The van der Waals surface area contributed by atoms with E-state index in [1.807, 2.05) is 19.9 Å². The van der Waals surface area contributed by atoms with Gasteiger partial charge < -0.3 is 5.32 Å². The van der Waals surface area contributed by atoms with Crippen LogP contribution in [0.2, 0.25) is 0 Å². The first-order valence-corrected chi connectivity index (χ1v) is 5.56. The van der Waals surface area contributed by atoms with Crippen LogP contribution in [0.4, 0.5) is 0 Å². The fourth-order valence-electron chi connectivity index (χ4n) is 1.50. The molecule has 0 bridgehead atoms. The number of hydrogen-bond acceptors (Lipinski definition) is 1. The van der Waals surface area contributed by atoms with Gasteiger partial charge in [0.05, 0.1) is 0 Å². The molecule has 1 aliphatic rings. The van der Waals surface area contributed by atoms with Gasteiger partial charge in [-0.2, -0.15) is 0 Å². The van der Waals surface area contributed by atoms with Gasteiger partial charge in [0, 0.05) is 6.54 Å². The molecule has 0 atom stereocenters. The van der Waals surface area contributed by atoms with Crippen LogP contribution in [0.25, 0.3) is 0 Å². The SMILES string of the molecule is C=CC1=C(/C=C\C)CNCCC1.CC. The fourth-order valence-corrected chi connectivity index (χ4v) is 1.50. The van der Waals surface area contributed by atoms with E-state index in [1.165, 1.54) is 17.6 Å². The molecule has 1 heteroatoms. The lowest BCUT2D eigenvalue weighted by atomic mass is 10.0. The summed E-state index contributed by atoms with van der Waals surface area (Å²) in [6.07, 6.45) is 8.64. The highest BCUT2D eigenvalue weighted by Crippen LogP contribution is 2.15. The third-order valence-corrected chi connectivity index (χ3v) is 2.14. The van der Waals surface area contributed by atoms with Gasteiger partial charge in [-0.3, -0.25) is 0 Å². The van der Waals surface area contributed by atoms with Crippen LogP contribution in [-0.4, -0.2) is 13.1 Å². The van der Waals surface area contributed by atoms with Crippen LogP contribution in [0.5, 0.6) is 0 Å². The van der Waals surface area contributed by atoms with Crippen molar-refractivity contribution >= 4 is 0 Å². The van der Waals surface area contributed by atoms with Crippen LogP contribution in [-0.2, 0) is 0 Å². The number of allylic oxidation sites excluding steroid dienone is 3. The molecule has 0 saturated carbocycles. The van der Waals surface area contributed by atoms with E-state index in [0.717, 1.165) is 19.5 Å². The molecule has 0 radical (unpaired) electrons. The smallest absolute Gasteiger partial charge is 0.0208 e. The third-order valence-electron chi connectivity index (χ3n) is 2.14. The molecule has 0 unspecified atom stereocenters. The van der Waals surface area contributed by atoms with Crippen molar-refractivity contribution < 1.29 is 0 Å². The molecule has 1 aliphatic heterocycles. The monoisotopic (exact) mass is 193 g/mol. The molecule has 0 amide bonds. The Hall–Kier alpha value is -0.820. The van der Waals surface area contributed by atoms with E-state index in [2.05, 4.69) is 31.0 Å². The van der Waals surface area contributed by atoms with Gasteiger partial charge in [0.25, 0.3) is 0 Å². The molecule has 80 valence electrons. The van der Waals surface area contributed by atoms with E-state index in [-0.39, 0.29) is 0 Å². The van der Waals surface area contributed by atoms with Crippen molar-refractivity contribution in [1.29, 1.82) is 0 Å². The lowest BCUT2D eigenvalue weighted by molar-refractivity contribution is 0.714. The molecular formula is C13H23N. The van der Waals surface area contributed by atoms with Gasteiger partial charge in [-0.25, -0.2) is 0 Å². The maximum absolute atomic E-state index is 3.84. The molecule has 0 aliphatic carbocycles. The Morgan fingerprint density at radius 1 is 1.29 bits per heavy atom. The summed E-state index contributed by atoms with van der Waals surface area (Å²) in [6.45, 7) is 12.0. The van der Waals surface area contributed by atoms with Crippen LogP contribution in [0, 0.1) is 0 Å². The summed E-state index contributed by atoms with van der Waals surface area (Å²) in [4.78, 5) is 0. The lowest BCUT2D eigenvalue weighted by Crippen LogP contribution is -2.15. The molecule has 1 rings (SSSR count). The van der Waals surface area contributed by atoms with E-state index in [9.17, 15) is 0 Å². The Kier molecular flexibility index (Phi) is 8.25. The molecule has 0 saturated heterocycles. The first kappa shape index (κ1) is 13.2. The van der Waals surface area contributed by atoms with E-state index in [1.54, 1.807) is 0 Å². The highest BCUT2D eigenvalue weighted by atomic mass is 14.8. The minimum atomic E-state index is 0.992. The molecule has 0 aromatic rings. The summed E-state index contributed by atoms with van der Waals surface area (Å²) < 4.78 is 0. The highest BCUT2D eigenvalue weighted by Gasteiger charge is 2.04. The Labute approximate surface area is 88.6 Å². The second kappa shape index (κ2) is 8.76. The minimum absolute atomic E-state index is 0.992. The lowest BCUT2D eigenvalue weighted by Gasteiger charge is -2.03. The second-order valence-electron chi connectivity index (χ2n) is 3.03. The van der Waals surface area contributed by atoms with Gasteiger partial charge in [0.1, 0.15) is 0 Å². The van der Waals surface area contributed by atoms with E-state index in [0.29, 0.717) is 0 Å². The largest absolute Gasteiger partial charge is 0.313 e. The van der Waals surface area contributed by atoms with Crippen LogP contribution >= 0.6 is 0 Å². The minimum Gasteiger partial charge on any atom is -0.313 e. The van der Waals surface area contributed by atoms with E-state index < -0.39 is 0 Å². The summed E-state index contributed by atoms with van der Waals surface area (Å²) in [5.41, 5.74) is 2.79. The molecule has 1 nitrogen and oxygen atoms in total. The first-order valence-electron chi connectivity index (χ1n) is 5.56. The van der Waals surface area contributed by atoms with Crippen LogP contribution < -0.4 is 5.32 Å². The van der Waals surface area contributed by atoms with Gasteiger partial charge in [0.2, 0.25) is 0 Å². The van der Waals surface area contributed by atoms with E-state index in [4.69, 9.17) is 0 Å². The average molecular weight is 193 g/mol. The molecule has 0 fully saturated rings. The zero-order chi connectivity index (χ0) is 10.8. The molecule has 0 aromatic heterocycles. The highest BCUT2D eigenvalue weighted by molar-refractivity contribution is 5.34. The zero-order valence-corrected chi connectivity index (χ0v) is 9.77. The normalized spacial score (nSPS) is 17.4. The maximum atomic E-state index is 3.84. The van der Waals surface area contributed by atoms with Gasteiger partial charge >= 0.3 is 0 Å². The molecule has 1 N–H and O–H groups in total. The van der Waals surface area contributed by atoms with Crippen molar-refractivity contribution in [2.45, 2.75) is 33.6 Å². The average Bonchev–Trinajstić information content (AvgIpc) is 2.47. The Morgan fingerprint density at radius 2 is 2.00 bits per heavy atom. The molecular weight excluding hydrogens is 170 g/mol. The zero-order valence-electron chi connectivity index (χ0n) is 9.77. The Balaban J connectivity index is 0.000000791. The quantitative estimate of drug-likeness (QED) is 0.708. The van der Waals surface area contributed by atoms with Gasteiger partial charge in [-0.05, 0) is 37.5 Å². The van der Waals surface area contributed by atoms with Gasteiger partial charge in [-0.15, -0.1) is 0 Å². The van der Waals surface area contributed by atoms with Crippen molar-refractivity contribution in [3.05, 3.63) is 36.0 Å². The predicted octanol–water partition coefficient (Wildman–Crippen LogP) is 3.45. The maximum Gasteiger partial charge on any atom is 0.0208 e. The van der Waals surface area contributed by atoms with Crippen molar-refractivity contribution in [1.82, 2.24) is 5.32 Å². The van der Waals surface area contributed by atoms with Crippen LogP contribution in [0.15, 0.2) is 36.0 Å². The molecule has 1 heterocycles. The third kappa shape index (κ3) is 4.43. The van der Waals surface area contributed by atoms with Crippen molar-refractivity contribution in [2.24, 2.45) is 0 Å². The fraction of sp³-hybridized carbons (Fsp3) is 0.538. The van der Waals surface area contributed by atoms with Crippen molar-refractivity contribution in [3.8, 4) is 0 Å². The van der Waals surface area contributed by atoms with Gasteiger partial charge in [-0.1, -0.05) is 38.7 Å². The summed E-state index contributed by atoms with van der Waals surface area (Å²) >= 11 is 0. The molecule has 0 spiro atoms.